The lowest BCUT2D eigenvalue weighted by atomic mass is 10.2. The van der Waals surface area contributed by atoms with Crippen molar-refractivity contribution in [2.75, 3.05) is 6.61 Å². The number of hydrazine groups is 1. The van der Waals surface area contributed by atoms with Crippen LogP contribution < -0.4 is 15.6 Å². The molecular weight excluding hydrogens is 343 g/mol. The van der Waals surface area contributed by atoms with Crippen LogP contribution in [0.5, 0.6) is 5.75 Å². The zero-order chi connectivity index (χ0) is 17.0. The largest absolute Gasteiger partial charge is 0.482 e. The van der Waals surface area contributed by atoms with E-state index in [1.165, 1.54) is 6.07 Å². The van der Waals surface area contributed by atoms with Crippen molar-refractivity contribution in [1.82, 2.24) is 10.9 Å². The van der Waals surface area contributed by atoms with Crippen LogP contribution in [0.2, 0.25) is 10.0 Å². The van der Waals surface area contributed by atoms with E-state index in [0.29, 0.717) is 32.9 Å². The molecule has 2 rings (SSSR count). The first kappa shape index (κ1) is 17.2. The van der Waals surface area contributed by atoms with E-state index in [9.17, 15) is 9.59 Å². The average molecular weight is 357 g/mol. The van der Waals surface area contributed by atoms with Crippen molar-refractivity contribution in [1.29, 1.82) is 0 Å². The van der Waals surface area contributed by atoms with E-state index in [0.717, 1.165) is 0 Å². The van der Waals surface area contributed by atoms with Crippen LogP contribution in [0.3, 0.4) is 0 Å². The molecule has 1 heterocycles. The van der Waals surface area contributed by atoms with Crippen LogP contribution >= 0.6 is 23.2 Å². The highest BCUT2D eigenvalue weighted by Gasteiger charge is 2.14. The number of hydrogen-bond acceptors (Lipinski definition) is 4. The molecule has 0 aliphatic rings. The molecule has 23 heavy (non-hydrogen) atoms. The molecule has 0 fully saturated rings. The fourth-order valence-corrected chi connectivity index (χ4v) is 2.28. The first-order chi connectivity index (χ1) is 10.9. The molecule has 0 aliphatic carbocycles. The lowest BCUT2D eigenvalue weighted by molar-refractivity contribution is -0.123. The summed E-state index contributed by atoms with van der Waals surface area (Å²) >= 11 is 11.7. The van der Waals surface area contributed by atoms with Gasteiger partial charge in [0.1, 0.15) is 17.3 Å². The minimum atomic E-state index is -0.540. The lowest BCUT2D eigenvalue weighted by Crippen LogP contribution is -2.43. The van der Waals surface area contributed by atoms with Gasteiger partial charge in [-0.1, -0.05) is 23.2 Å². The zero-order valence-electron chi connectivity index (χ0n) is 12.4. The second kappa shape index (κ2) is 7.39. The van der Waals surface area contributed by atoms with Gasteiger partial charge in [0.25, 0.3) is 11.8 Å². The van der Waals surface area contributed by atoms with Gasteiger partial charge >= 0.3 is 0 Å². The van der Waals surface area contributed by atoms with E-state index in [2.05, 4.69) is 10.9 Å². The Hall–Kier alpha value is -2.18. The van der Waals surface area contributed by atoms with E-state index >= 15 is 0 Å². The Bertz CT molecular complexity index is 743. The number of rotatable bonds is 4. The predicted octanol–water partition coefficient (Wildman–Crippen LogP) is 3.04. The molecule has 0 saturated carbocycles. The van der Waals surface area contributed by atoms with Gasteiger partial charge in [0, 0.05) is 5.02 Å². The van der Waals surface area contributed by atoms with Gasteiger partial charge < -0.3 is 9.15 Å². The van der Waals surface area contributed by atoms with Crippen molar-refractivity contribution in [2.45, 2.75) is 13.8 Å². The van der Waals surface area contributed by atoms with Crippen LogP contribution in [0.4, 0.5) is 0 Å². The molecule has 2 aromatic rings. The molecule has 0 atom stereocenters. The first-order valence-corrected chi connectivity index (χ1v) is 7.36. The molecule has 2 N–H and O–H groups in total. The first-order valence-electron chi connectivity index (χ1n) is 6.61. The summed E-state index contributed by atoms with van der Waals surface area (Å²) < 4.78 is 10.5. The maximum Gasteiger partial charge on any atom is 0.276 e. The maximum absolute atomic E-state index is 11.9. The molecule has 122 valence electrons. The minimum Gasteiger partial charge on any atom is -0.482 e. The summed E-state index contributed by atoms with van der Waals surface area (Å²) in [5.74, 6) is 0.386. The van der Waals surface area contributed by atoms with E-state index in [1.54, 1.807) is 32.0 Å². The van der Waals surface area contributed by atoms with Crippen molar-refractivity contribution in [3.63, 3.8) is 0 Å². The number of nitrogens with one attached hydrogen (secondary N) is 2. The average Bonchev–Trinajstić information content (AvgIpc) is 2.82. The normalized spacial score (nSPS) is 10.3. The van der Waals surface area contributed by atoms with Gasteiger partial charge in [-0.3, -0.25) is 20.4 Å². The summed E-state index contributed by atoms with van der Waals surface area (Å²) in [5.41, 5.74) is 4.88. The van der Waals surface area contributed by atoms with Gasteiger partial charge in [-0.15, -0.1) is 0 Å². The summed E-state index contributed by atoms with van der Waals surface area (Å²) in [6.45, 7) is 3.08. The molecule has 0 aliphatic heterocycles. The van der Waals surface area contributed by atoms with Gasteiger partial charge in [-0.2, -0.15) is 0 Å². The smallest absolute Gasteiger partial charge is 0.276 e. The number of hydrogen-bond donors (Lipinski definition) is 2. The Labute approximate surface area is 142 Å². The molecule has 8 heteroatoms. The van der Waals surface area contributed by atoms with Gasteiger partial charge in [-0.05, 0) is 38.1 Å². The molecule has 1 aromatic heterocycles. The van der Waals surface area contributed by atoms with E-state index in [-0.39, 0.29) is 6.61 Å². The third-order valence-electron chi connectivity index (χ3n) is 2.85. The molecule has 2 amide bonds. The van der Waals surface area contributed by atoms with Crippen LogP contribution in [0, 0.1) is 13.8 Å². The van der Waals surface area contributed by atoms with Gasteiger partial charge in [-0.25, -0.2) is 0 Å². The number of benzene rings is 1. The Balaban J connectivity index is 1.83. The molecule has 0 saturated heterocycles. The Morgan fingerprint density at radius 3 is 2.52 bits per heavy atom. The fourth-order valence-electron chi connectivity index (χ4n) is 1.82. The summed E-state index contributed by atoms with van der Waals surface area (Å²) in [4.78, 5) is 23.6. The Morgan fingerprint density at radius 2 is 1.91 bits per heavy atom. The molecule has 0 spiro atoms. The Kier molecular flexibility index (Phi) is 5.52. The maximum atomic E-state index is 11.9. The van der Waals surface area contributed by atoms with E-state index in [1.807, 2.05) is 0 Å². The van der Waals surface area contributed by atoms with Crippen molar-refractivity contribution in [3.8, 4) is 5.75 Å². The molecule has 1 aromatic carbocycles. The summed E-state index contributed by atoms with van der Waals surface area (Å²) in [6.07, 6.45) is 0. The SMILES string of the molecule is Cc1cc(C(=O)NNC(=O)COc2ccc(Cl)cc2Cl)c(C)o1. The summed E-state index contributed by atoms with van der Waals surface area (Å²) in [6, 6.07) is 6.23. The number of halogens is 2. The molecule has 0 unspecified atom stereocenters. The van der Waals surface area contributed by atoms with Crippen LogP contribution in [0.1, 0.15) is 21.9 Å². The van der Waals surface area contributed by atoms with Crippen LogP contribution in [0.15, 0.2) is 28.7 Å². The predicted molar refractivity (Wildman–Crippen MR) is 85.7 cm³/mol. The number of carbonyl (C=O) groups is 2. The van der Waals surface area contributed by atoms with Crippen LogP contribution in [-0.4, -0.2) is 18.4 Å². The summed E-state index contributed by atoms with van der Waals surface area (Å²) in [7, 11) is 0. The second-order valence-corrected chi connectivity index (χ2v) is 5.54. The third-order valence-corrected chi connectivity index (χ3v) is 3.38. The number of aryl methyl sites for hydroxylation is 2. The Morgan fingerprint density at radius 1 is 1.17 bits per heavy atom. The van der Waals surface area contributed by atoms with E-state index in [4.69, 9.17) is 32.4 Å². The molecule has 6 nitrogen and oxygen atoms in total. The van der Waals surface area contributed by atoms with Crippen LogP contribution in [0.25, 0.3) is 0 Å². The quantitative estimate of drug-likeness (QED) is 0.825. The number of furan rings is 1. The standard InChI is InChI=1S/C15H14Cl2N2O4/c1-8-5-11(9(2)23-8)15(21)19-18-14(20)7-22-13-4-3-10(16)6-12(13)17/h3-6H,7H2,1-2H3,(H,18,20)(H,19,21). The monoisotopic (exact) mass is 356 g/mol. The van der Waals surface area contributed by atoms with Crippen molar-refractivity contribution in [3.05, 3.63) is 51.4 Å². The zero-order valence-corrected chi connectivity index (χ0v) is 13.9. The summed E-state index contributed by atoms with van der Waals surface area (Å²) in [5, 5.41) is 0.753. The molecule has 0 radical (unpaired) electrons. The van der Waals surface area contributed by atoms with Crippen molar-refractivity contribution >= 4 is 35.0 Å². The number of carbonyl (C=O) groups excluding carboxylic acids is 2. The van der Waals surface area contributed by atoms with Gasteiger partial charge in [0.2, 0.25) is 0 Å². The van der Waals surface area contributed by atoms with Gasteiger partial charge in [0.15, 0.2) is 6.61 Å². The number of ether oxygens (including phenoxy) is 1. The highest BCUT2D eigenvalue weighted by Crippen LogP contribution is 2.27. The minimum absolute atomic E-state index is 0.291. The van der Waals surface area contributed by atoms with Crippen molar-refractivity contribution in [2.24, 2.45) is 0 Å². The number of amides is 2. The molecule has 0 bridgehead atoms. The second-order valence-electron chi connectivity index (χ2n) is 4.69. The fraction of sp³-hybridized carbons (Fsp3) is 0.200. The molecular formula is C15H14Cl2N2O4. The lowest BCUT2D eigenvalue weighted by Gasteiger charge is -2.09. The third kappa shape index (κ3) is 4.64. The van der Waals surface area contributed by atoms with E-state index < -0.39 is 11.8 Å². The van der Waals surface area contributed by atoms with Gasteiger partial charge in [0.05, 0.1) is 10.6 Å². The highest BCUT2D eigenvalue weighted by molar-refractivity contribution is 6.35. The van der Waals surface area contributed by atoms with Crippen molar-refractivity contribution < 1.29 is 18.7 Å². The topological polar surface area (TPSA) is 80.6 Å². The van der Waals surface area contributed by atoms with Crippen LogP contribution in [-0.2, 0) is 4.79 Å². The highest BCUT2D eigenvalue weighted by atomic mass is 35.5.